The highest BCUT2D eigenvalue weighted by Gasteiger charge is 2.17. The van der Waals surface area contributed by atoms with Gasteiger partial charge in [0.05, 0.1) is 10.3 Å². The third-order valence-electron chi connectivity index (χ3n) is 3.10. The van der Waals surface area contributed by atoms with Gasteiger partial charge in [0.25, 0.3) is 5.69 Å². The van der Waals surface area contributed by atoms with E-state index >= 15 is 0 Å². The molecular weight excluding hydrogens is 252 g/mol. The number of benzene rings is 1. The third kappa shape index (κ3) is 3.68. The van der Waals surface area contributed by atoms with Crippen molar-refractivity contribution in [3.8, 4) is 0 Å². The highest BCUT2D eigenvalue weighted by atomic mass is 35.5. The fourth-order valence-corrected chi connectivity index (χ4v) is 2.16. The molecule has 0 fully saturated rings. The van der Waals surface area contributed by atoms with Crippen molar-refractivity contribution in [2.75, 3.05) is 19.6 Å². The van der Waals surface area contributed by atoms with Crippen molar-refractivity contribution in [3.05, 3.63) is 39.4 Å². The Kier molecular flexibility index (Phi) is 5.56. The van der Waals surface area contributed by atoms with Crippen molar-refractivity contribution in [2.24, 2.45) is 0 Å². The smallest absolute Gasteiger partial charge is 0.272 e. The minimum atomic E-state index is -0.361. The molecule has 0 N–H and O–H groups in total. The lowest BCUT2D eigenvalue weighted by molar-refractivity contribution is -0.385. The van der Waals surface area contributed by atoms with E-state index in [9.17, 15) is 10.1 Å². The summed E-state index contributed by atoms with van der Waals surface area (Å²) in [6.45, 7) is 8.43. The van der Waals surface area contributed by atoms with E-state index in [1.54, 1.807) is 19.1 Å². The van der Waals surface area contributed by atoms with Gasteiger partial charge in [-0.1, -0.05) is 26.0 Å². The number of likely N-dealkylation sites (N-methyl/N-ethyl adjacent to an activating group) is 1. The van der Waals surface area contributed by atoms with E-state index in [0.717, 1.165) is 18.7 Å². The van der Waals surface area contributed by atoms with Crippen molar-refractivity contribution in [2.45, 2.75) is 26.1 Å². The first-order chi connectivity index (χ1) is 8.49. The molecule has 5 heteroatoms. The summed E-state index contributed by atoms with van der Waals surface area (Å²) in [6.07, 6.45) is 0. The van der Waals surface area contributed by atoms with Crippen molar-refractivity contribution < 1.29 is 4.92 Å². The number of rotatable bonds is 6. The maximum absolute atomic E-state index is 10.9. The summed E-state index contributed by atoms with van der Waals surface area (Å²) in [5, 5.41) is 10.7. The average molecular weight is 271 g/mol. The molecule has 0 spiro atoms. The van der Waals surface area contributed by atoms with Crippen LogP contribution in [0, 0.1) is 17.0 Å². The van der Waals surface area contributed by atoms with Gasteiger partial charge in [0.15, 0.2) is 0 Å². The van der Waals surface area contributed by atoms with Gasteiger partial charge in [-0.25, -0.2) is 0 Å². The molecule has 1 aromatic rings. The molecule has 0 bridgehead atoms. The van der Waals surface area contributed by atoms with Crippen LogP contribution >= 0.6 is 11.6 Å². The molecule has 0 aliphatic carbocycles. The zero-order valence-electron chi connectivity index (χ0n) is 11.0. The van der Waals surface area contributed by atoms with Crippen LogP contribution in [-0.2, 0) is 0 Å². The Morgan fingerprint density at radius 3 is 2.50 bits per heavy atom. The molecule has 0 aliphatic heterocycles. The molecule has 0 heterocycles. The second-order valence-electron chi connectivity index (χ2n) is 4.26. The highest BCUT2D eigenvalue weighted by Crippen LogP contribution is 2.27. The lowest BCUT2D eigenvalue weighted by Crippen LogP contribution is -2.26. The van der Waals surface area contributed by atoms with Gasteiger partial charge in [-0.3, -0.25) is 10.1 Å². The minimum Gasteiger partial charge on any atom is -0.302 e. The van der Waals surface area contributed by atoms with Gasteiger partial charge in [0.2, 0.25) is 0 Å². The standard InChI is InChI=1S/C13H19ClN2O2/c1-4-15(5-2)9-12(14)11-7-6-10(3)13(8-11)16(17)18/h6-8,12H,4-5,9H2,1-3H3. The van der Waals surface area contributed by atoms with Gasteiger partial charge >= 0.3 is 0 Å². The molecule has 1 rings (SSSR count). The first-order valence-corrected chi connectivity index (χ1v) is 6.54. The summed E-state index contributed by atoms with van der Waals surface area (Å²) in [7, 11) is 0. The van der Waals surface area contributed by atoms with Crippen molar-refractivity contribution in [1.82, 2.24) is 4.90 Å². The molecule has 0 aromatic heterocycles. The van der Waals surface area contributed by atoms with E-state index in [-0.39, 0.29) is 16.0 Å². The highest BCUT2D eigenvalue weighted by molar-refractivity contribution is 6.21. The van der Waals surface area contributed by atoms with Crippen LogP contribution in [0.1, 0.15) is 30.4 Å². The first kappa shape index (κ1) is 14.9. The summed E-state index contributed by atoms with van der Waals surface area (Å²) in [5.41, 5.74) is 1.61. The molecule has 1 atom stereocenters. The second kappa shape index (κ2) is 6.71. The number of aryl methyl sites for hydroxylation is 1. The lowest BCUT2D eigenvalue weighted by Gasteiger charge is -2.21. The predicted octanol–water partition coefficient (Wildman–Crippen LogP) is 3.52. The van der Waals surface area contributed by atoms with E-state index < -0.39 is 0 Å². The number of hydrogen-bond donors (Lipinski definition) is 0. The van der Waals surface area contributed by atoms with Gasteiger partial charge in [-0.2, -0.15) is 0 Å². The van der Waals surface area contributed by atoms with E-state index in [1.165, 1.54) is 0 Å². The molecule has 18 heavy (non-hydrogen) atoms. The van der Waals surface area contributed by atoms with Crippen LogP contribution in [0.2, 0.25) is 0 Å². The quantitative estimate of drug-likeness (QED) is 0.451. The molecule has 0 radical (unpaired) electrons. The van der Waals surface area contributed by atoms with Crippen molar-refractivity contribution in [1.29, 1.82) is 0 Å². The van der Waals surface area contributed by atoms with Gasteiger partial charge in [-0.05, 0) is 25.6 Å². The van der Waals surface area contributed by atoms with Gasteiger partial charge in [0.1, 0.15) is 0 Å². The molecule has 0 aliphatic rings. The number of alkyl halides is 1. The third-order valence-corrected chi connectivity index (χ3v) is 3.49. The van der Waals surface area contributed by atoms with E-state index in [2.05, 4.69) is 18.7 Å². The van der Waals surface area contributed by atoms with E-state index in [4.69, 9.17) is 11.6 Å². The van der Waals surface area contributed by atoms with Gasteiger partial charge in [0, 0.05) is 18.2 Å². The minimum absolute atomic E-state index is 0.137. The molecule has 0 saturated carbocycles. The first-order valence-electron chi connectivity index (χ1n) is 6.10. The summed E-state index contributed by atoms with van der Waals surface area (Å²) < 4.78 is 0. The molecule has 100 valence electrons. The van der Waals surface area contributed by atoms with Gasteiger partial charge in [-0.15, -0.1) is 11.6 Å². The molecule has 0 amide bonds. The Morgan fingerprint density at radius 2 is 2.00 bits per heavy atom. The lowest BCUT2D eigenvalue weighted by atomic mass is 10.1. The summed E-state index contributed by atoms with van der Waals surface area (Å²) in [4.78, 5) is 12.7. The van der Waals surface area contributed by atoms with Crippen LogP contribution < -0.4 is 0 Å². The van der Waals surface area contributed by atoms with Crippen LogP contribution in [0.15, 0.2) is 18.2 Å². The fraction of sp³-hybridized carbons (Fsp3) is 0.538. The van der Waals surface area contributed by atoms with Crippen LogP contribution in [-0.4, -0.2) is 29.5 Å². The van der Waals surface area contributed by atoms with Crippen LogP contribution in [0.5, 0.6) is 0 Å². The molecule has 0 saturated heterocycles. The molecule has 1 aromatic carbocycles. The number of hydrogen-bond acceptors (Lipinski definition) is 3. The number of nitro benzene ring substituents is 1. The van der Waals surface area contributed by atoms with Crippen LogP contribution in [0.4, 0.5) is 5.69 Å². The van der Waals surface area contributed by atoms with Crippen molar-refractivity contribution >= 4 is 17.3 Å². The maximum atomic E-state index is 10.9. The Morgan fingerprint density at radius 1 is 1.39 bits per heavy atom. The van der Waals surface area contributed by atoms with Gasteiger partial charge < -0.3 is 4.90 Å². The fourth-order valence-electron chi connectivity index (χ4n) is 1.83. The molecular formula is C13H19ClN2O2. The monoisotopic (exact) mass is 270 g/mol. The number of nitro groups is 1. The Labute approximate surface area is 113 Å². The zero-order chi connectivity index (χ0) is 13.7. The van der Waals surface area contributed by atoms with Crippen LogP contribution in [0.3, 0.4) is 0 Å². The maximum Gasteiger partial charge on any atom is 0.272 e. The van der Waals surface area contributed by atoms with E-state index in [1.807, 2.05) is 6.07 Å². The van der Waals surface area contributed by atoms with Crippen molar-refractivity contribution in [3.63, 3.8) is 0 Å². The largest absolute Gasteiger partial charge is 0.302 e. The Bertz CT molecular complexity index is 419. The molecule has 4 nitrogen and oxygen atoms in total. The number of halogens is 1. The summed E-state index contributed by atoms with van der Waals surface area (Å²) in [6, 6.07) is 5.20. The number of nitrogens with zero attached hydrogens (tertiary/aromatic N) is 2. The Hall–Kier alpha value is -1.13. The summed E-state index contributed by atoms with van der Waals surface area (Å²) in [5.74, 6) is 0. The summed E-state index contributed by atoms with van der Waals surface area (Å²) >= 11 is 6.32. The zero-order valence-corrected chi connectivity index (χ0v) is 11.8. The SMILES string of the molecule is CCN(CC)CC(Cl)c1ccc(C)c([N+](=O)[O-])c1. The van der Waals surface area contributed by atoms with Crippen LogP contribution in [0.25, 0.3) is 0 Å². The van der Waals surface area contributed by atoms with E-state index in [0.29, 0.717) is 12.1 Å². The predicted molar refractivity (Wildman–Crippen MR) is 74.2 cm³/mol. The average Bonchev–Trinajstić information content (AvgIpc) is 2.35. The normalized spacial score (nSPS) is 12.7. The molecule has 1 unspecified atom stereocenters. The second-order valence-corrected chi connectivity index (χ2v) is 4.78. The Balaban J connectivity index is 2.89. The topological polar surface area (TPSA) is 46.4 Å².